The summed E-state index contributed by atoms with van der Waals surface area (Å²) < 4.78 is 1.02. The number of halogens is 1. The fraction of sp³-hybridized carbons (Fsp3) is 0.353. The average Bonchev–Trinajstić information content (AvgIpc) is 2.53. The summed E-state index contributed by atoms with van der Waals surface area (Å²) >= 11 is 3.41. The zero-order valence-corrected chi connectivity index (χ0v) is 13.6. The van der Waals surface area contributed by atoms with Gasteiger partial charge in [-0.05, 0) is 46.5 Å². The minimum absolute atomic E-state index is 0.533. The van der Waals surface area contributed by atoms with Crippen LogP contribution < -0.4 is 5.32 Å². The number of anilines is 1. The van der Waals surface area contributed by atoms with Crippen molar-refractivity contribution < 1.29 is 0 Å². The lowest BCUT2D eigenvalue weighted by atomic mass is 10.0. The molecule has 0 spiro atoms. The Labute approximate surface area is 134 Å². The Hall–Kier alpha value is -1.39. The highest BCUT2D eigenvalue weighted by Crippen LogP contribution is 2.18. The summed E-state index contributed by atoms with van der Waals surface area (Å²) in [4.78, 5) is 6.92. The van der Waals surface area contributed by atoms with Crippen molar-refractivity contribution in [2.75, 3.05) is 18.4 Å². The highest BCUT2D eigenvalue weighted by molar-refractivity contribution is 9.10. The summed E-state index contributed by atoms with van der Waals surface area (Å²) in [7, 11) is 0. The molecular formula is C17H20BrN3. The molecule has 0 atom stereocenters. The molecule has 1 aromatic carbocycles. The van der Waals surface area contributed by atoms with Crippen molar-refractivity contribution in [2.24, 2.45) is 0 Å². The molecule has 1 aromatic heterocycles. The van der Waals surface area contributed by atoms with Crippen LogP contribution in [0.2, 0.25) is 0 Å². The smallest absolute Gasteiger partial charge is 0.126 e. The van der Waals surface area contributed by atoms with Crippen LogP contribution in [0.15, 0.2) is 53.1 Å². The Morgan fingerprint density at radius 2 is 1.86 bits per heavy atom. The molecule has 1 aliphatic heterocycles. The zero-order valence-electron chi connectivity index (χ0n) is 12.0. The second-order valence-electron chi connectivity index (χ2n) is 5.54. The van der Waals surface area contributed by atoms with Gasteiger partial charge in [0.25, 0.3) is 0 Å². The Morgan fingerprint density at radius 1 is 1.10 bits per heavy atom. The van der Waals surface area contributed by atoms with E-state index in [1.54, 1.807) is 0 Å². The van der Waals surface area contributed by atoms with Crippen LogP contribution in [-0.4, -0.2) is 29.0 Å². The van der Waals surface area contributed by atoms with Crippen LogP contribution >= 0.6 is 15.9 Å². The molecular weight excluding hydrogens is 326 g/mol. The molecule has 3 nitrogen and oxygen atoms in total. The zero-order chi connectivity index (χ0) is 14.5. The molecule has 2 aromatic rings. The molecule has 0 bridgehead atoms. The molecule has 0 saturated carbocycles. The van der Waals surface area contributed by atoms with Gasteiger partial charge in [0.2, 0.25) is 0 Å². The van der Waals surface area contributed by atoms with E-state index in [4.69, 9.17) is 0 Å². The molecule has 1 aliphatic rings. The van der Waals surface area contributed by atoms with E-state index >= 15 is 0 Å². The Morgan fingerprint density at radius 3 is 2.52 bits per heavy atom. The van der Waals surface area contributed by atoms with Crippen LogP contribution in [0.1, 0.15) is 18.4 Å². The predicted octanol–water partition coefficient (Wildman–Crippen LogP) is 3.92. The summed E-state index contributed by atoms with van der Waals surface area (Å²) in [5.74, 6) is 0.972. The lowest BCUT2D eigenvalue weighted by Crippen LogP contribution is -2.38. The summed E-state index contributed by atoms with van der Waals surface area (Å²) in [6.45, 7) is 3.34. The maximum absolute atomic E-state index is 4.39. The molecule has 0 unspecified atom stereocenters. The number of pyridine rings is 1. The van der Waals surface area contributed by atoms with Gasteiger partial charge in [0, 0.05) is 36.3 Å². The number of nitrogens with one attached hydrogen (secondary N) is 1. The number of piperidine rings is 1. The maximum Gasteiger partial charge on any atom is 0.126 e. The van der Waals surface area contributed by atoms with Gasteiger partial charge < -0.3 is 5.32 Å². The van der Waals surface area contributed by atoms with Gasteiger partial charge in [-0.25, -0.2) is 4.98 Å². The summed E-state index contributed by atoms with van der Waals surface area (Å²) in [5, 5.41) is 3.53. The molecule has 21 heavy (non-hydrogen) atoms. The van der Waals surface area contributed by atoms with Gasteiger partial charge >= 0.3 is 0 Å². The maximum atomic E-state index is 4.39. The van der Waals surface area contributed by atoms with Gasteiger partial charge in [-0.2, -0.15) is 0 Å². The first-order chi connectivity index (χ1) is 10.3. The molecule has 0 radical (unpaired) electrons. The Kier molecular flexibility index (Phi) is 4.88. The Bertz CT molecular complexity index is 548. The third-order valence-electron chi connectivity index (χ3n) is 3.92. The second kappa shape index (κ2) is 7.05. The van der Waals surface area contributed by atoms with Gasteiger partial charge in [-0.3, -0.25) is 4.90 Å². The third kappa shape index (κ3) is 4.29. The molecule has 110 valence electrons. The minimum atomic E-state index is 0.533. The quantitative estimate of drug-likeness (QED) is 0.910. The van der Waals surface area contributed by atoms with Crippen LogP contribution in [0.3, 0.4) is 0 Å². The van der Waals surface area contributed by atoms with E-state index in [0.29, 0.717) is 6.04 Å². The highest BCUT2D eigenvalue weighted by Gasteiger charge is 2.19. The summed E-state index contributed by atoms with van der Waals surface area (Å²) in [6.07, 6.45) is 4.18. The van der Waals surface area contributed by atoms with Crippen molar-refractivity contribution in [1.29, 1.82) is 0 Å². The number of aromatic nitrogens is 1. The monoisotopic (exact) mass is 345 g/mol. The number of hydrogen-bond acceptors (Lipinski definition) is 3. The first kappa shape index (κ1) is 14.5. The first-order valence-corrected chi connectivity index (χ1v) is 8.23. The number of likely N-dealkylation sites (tertiary alicyclic amines) is 1. The van der Waals surface area contributed by atoms with Gasteiger partial charge in [-0.15, -0.1) is 0 Å². The topological polar surface area (TPSA) is 28.2 Å². The SMILES string of the molecule is Brc1ccc(NC2CCN(Cc3ccccc3)CC2)nc1. The Balaban J connectivity index is 1.47. The molecule has 3 rings (SSSR count). The van der Waals surface area contributed by atoms with E-state index in [9.17, 15) is 0 Å². The van der Waals surface area contributed by atoms with E-state index < -0.39 is 0 Å². The molecule has 1 fully saturated rings. The number of benzene rings is 1. The van der Waals surface area contributed by atoms with Gasteiger partial charge in [-0.1, -0.05) is 30.3 Å². The standard InChI is InChI=1S/C17H20BrN3/c18-15-6-7-17(19-12-15)20-16-8-10-21(11-9-16)13-14-4-2-1-3-5-14/h1-7,12,16H,8-11,13H2,(H,19,20). The van der Waals surface area contributed by atoms with Crippen LogP contribution in [-0.2, 0) is 6.54 Å². The second-order valence-corrected chi connectivity index (χ2v) is 6.46. The molecule has 2 heterocycles. The summed E-state index contributed by atoms with van der Waals surface area (Å²) in [6, 6.07) is 15.3. The predicted molar refractivity (Wildman–Crippen MR) is 90.3 cm³/mol. The number of hydrogen-bond donors (Lipinski definition) is 1. The van der Waals surface area contributed by atoms with E-state index in [1.165, 1.54) is 18.4 Å². The van der Waals surface area contributed by atoms with Crippen molar-refractivity contribution in [3.63, 3.8) is 0 Å². The van der Waals surface area contributed by atoms with Crippen LogP contribution in [0.25, 0.3) is 0 Å². The normalized spacial score (nSPS) is 16.8. The fourth-order valence-electron chi connectivity index (χ4n) is 2.75. The van der Waals surface area contributed by atoms with Gasteiger partial charge in [0.1, 0.15) is 5.82 Å². The lowest BCUT2D eigenvalue weighted by Gasteiger charge is -2.32. The van der Waals surface area contributed by atoms with Gasteiger partial charge in [0.15, 0.2) is 0 Å². The highest BCUT2D eigenvalue weighted by atomic mass is 79.9. The van der Waals surface area contributed by atoms with Crippen molar-refractivity contribution in [3.8, 4) is 0 Å². The van der Waals surface area contributed by atoms with E-state index in [1.807, 2.05) is 18.3 Å². The van der Waals surface area contributed by atoms with Crippen molar-refractivity contribution >= 4 is 21.7 Å². The van der Waals surface area contributed by atoms with Crippen LogP contribution in [0.4, 0.5) is 5.82 Å². The molecule has 4 heteroatoms. The van der Waals surface area contributed by atoms with Crippen LogP contribution in [0, 0.1) is 0 Å². The lowest BCUT2D eigenvalue weighted by molar-refractivity contribution is 0.211. The molecule has 0 amide bonds. The third-order valence-corrected chi connectivity index (χ3v) is 4.39. The van der Waals surface area contributed by atoms with E-state index in [0.717, 1.165) is 29.9 Å². The van der Waals surface area contributed by atoms with Crippen LogP contribution in [0.5, 0.6) is 0 Å². The van der Waals surface area contributed by atoms with E-state index in [2.05, 4.69) is 61.5 Å². The van der Waals surface area contributed by atoms with E-state index in [-0.39, 0.29) is 0 Å². The first-order valence-electron chi connectivity index (χ1n) is 7.44. The summed E-state index contributed by atoms with van der Waals surface area (Å²) in [5.41, 5.74) is 1.40. The van der Waals surface area contributed by atoms with Crippen molar-refractivity contribution in [2.45, 2.75) is 25.4 Å². The largest absolute Gasteiger partial charge is 0.367 e. The van der Waals surface area contributed by atoms with Crippen molar-refractivity contribution in [3.05, 3.63) is 58.7 Å². The van der Waals surface area contributed by atoms with Crippen molar-refractivity contribution in [1.82, 2.24) is 9.88 Å². The minimum Gasteiger partial charge on any atom is -0.367 e. The van der Waals surface area contributed by atoms with Gasteiger partial charge in [0.05, 0.1) is 0 Å². The molecule has 1 N–H and O–H groups in total. The molecule has 1 saturated heterocycles. The fourth-order valence-corrected chi connectivity index (χ4v) is 2.98. The average molecular weight is 346 g/mol. The number of rotatable bonds is 4. The molecule has 0 aliphatic carbocycles. The number of nitrogens with zero attached hydrogens (tertiary/aromatic N) is 2.